The van der Waals surface area contributed by atoms with Gasteiger partial charge in [0, 0.05) is 13.1 Å². The average Bonchev–Trinajstić information content (AvgIpc) is 2.65. The molecule has 1 N–H and O–H groups in total. The summed E-state index contributed by atoms with van der Waals surface area (Å²) in [7, 11) is -3.42. The SMILES string of the molecule is Cc1cc(C)c(S(=O)(=O)NCCN2CCCCCC2)c(C)c1. The topological polar surface area (TPSA) is 49.4 Å². The Bertz CT molecular complexity index is 580. The van der Waals surface area contributed by atoms with Crippen LogP contribution in [0.1, 0.15) is 42.4 Å². The van der Waals surface area contributed by atoms with Crippen LogP contribution in [0.15, 0.2) is 17.0 Å². The lowest BCUT2D eigenvalue weighted by Gasteiger charge is -2.20. The van der Waals surface area contributed by atoms with Gasteiger partial charge in [-0.15, -0.1) is 0 Å². The zero-order chi connectivity index (χ0) is 16.2. The third kappa shape index (κ3) is 4.54. The van der Waals surface area contributed by atoms with E-state index in [2.05, 4.69) is 9.62 Å². The molecule has 0 radical (unpaired) electrons. The number of hydrogen-bond donors (Lipinski definition) is 1. The molecule has 1 fully saturated rings. The predicted octanol–water partition coefficient (Wildman–Crippen LogP) is 2.77. The van der Waals surface area contributed by atoms with Crippen LogP contribution in [-0.4, -0.2) is 39.5 Å². The molecule has 0 bridgehead atoms. The Morgan fingerprint density at radius 3 is 2.09 bits per heavy atom. The van der Waals surface area contributed by atoms with Crippen LogP contribution in [0.5, 0.6) is 0 Å². The van der Waals surface area contributed by atoms with E-state index in [0.29, 0.717) is 11.4 Å². The van der Waals surface area contributed by atoms with Crippen LogP contribution in [0.25, 0.3) is 0 Å². The monoisotopic (exact) mass is 324 g/mol. The van der Waals surface area contributed by atoms with Gasteiger partial charge in [0.1, 0.15) is 0 Å². The van der Waals surface area contributed by atoms with Crippen LogP contribution in [-0.2, 0) is 10.0 Å². The van der Waals surface area contributed by atoms with Gasteiger partial charge < -0.3 is 4.90 Å². The molecule has 1 aromatic rings. The first kappa shape index (κ1) is 17.4. The van der Waals surface area contributed by atoms with Gasteiger partial charge in [-0.2, -0.15) is 0 Å². The Balaban J connectivity index is 1.99. The third-order valence-corrected chi connectivity index (χ3v) is 6.06. The molecule has 0 aromatic heterocycles. The van der Waals surface area contributed by atoms with Gasteiger partial charge in [0.25, 0.3) is 0 Å². The van der Waals surface area contributed by atoms with Gasteiger partial charge in [0.05, 0.1) is 4.90 Å². The standard InChI is InChI=1S/C17H28N2O2S/c1-14-12-15(2)17(16(3)13-14)22(20,21)18-8-11-19-9-6-4-5-7-10-19/h12-13,18H,4-11H2,1-3H3. The van der Waals surface area contributed by atoms with E-state index in [0.717, 1.165) is 36.3 Å². The van der Waals surface area contributed by atoms with Gasteiger partial charge in [-0.25, -0.2) is 13.1 Å². The second-order valence-corrected chi connectivity index (χ2v) is 8.09. The first-order valence-electron chi connectivity index (χ1n) is 8.20. The summed E-state index contributed by atoms with van der Waals surface area (Å²) in [6.45, 7) is 9.17. The lowest BCUT2D eigenvalue weighted by molar-refractivity contribution is 0.290. The van der Waals surface area contributed by atoms with Crippen molar-refractivity contribution in [2.24, 2.45) is 0 Å². The summed E-state index contributed by atoms with van der Waals surface area (Å²) in [5.74, 6) is 0. The molecule has 22 heavy (non-hydrogen) atoms. The number of likely N-dealkylation sites (tertiary alicyclic amines) is 1. The molecule has 0 unspecified atom stereocenters. The third-order valence-electron chi connectivity index (χ3n) is 4.29. The van der Waals surface area contributed by atoms with E-state index in [1.165, 1.54) is 25.7 Å². The predicted molar refractivity (Wildman–Crippen MR) is 90.7 cm³/mol. The number of nitrogens with one attached hydrogen (secondary N) is 1. The number of aryl methyl sites for hydroxylation is 3. The number of hydrogen-bond acceptors (Lipinski definition) is 3. The summed E-state index contributed by atoms with van der Waals surface area (Å²) in [5.41, 5.74) is 2.73. The van der Waals surface area contributed by atoms with E-state index in [1.807, 2.05) is 32.9 Å². The van der Waals surface area contributed by atoms with Gasteiger partial charge >= 0.3 is 0 Å². The zero-order valence-corrected chi connectivity index (χ0v) is 14.8. The molecule has 0 spiro atoms. The maximum Gasteiger partial charge on any atom is 0.241 e. The fourth-order valence-electron chi connectivity index (χ4n) is 3.36. The van der Waals surface area contributed by atoms with Gasteiger partial charge in [-0.05, 0) is 57.8 Å². The van der Waals surface area contributed by atoms with E-state index in [-0.39, 0.29) is 0 Å². The number of nitrogens with zero attached hydrogens (tertiary/aromatic N) is 1. The smallest absolute Gasteiger partial charge is 0.241 e. The van der Waals surface area contributed by atoms with Gasteiger partial charge in [0.2, 0.25) is 10.0 Å². The highest BCUT2D eigenvalue weighted by Crippen LogP contribution is 2.21. The highest BCUT2D eigenvalue weighted by Gasteiger charge is 2.19. The second kappa shape index (κ2) is 7.57. The van der Waals surface area contributed by atoms with Crippen molar-refractivity contribution >= 4 is 10.0 Å². The van der Waals surface area contributed by atoms with E-state index < -0.39 is 10.0 Å². The first-order valence-corrected chi connectivity index (χ1v) is 9.68. The highest BCUT2D eigenvalue weighted by atomic mass is 32.2. The summed E-state index contributed by atoms with van der Waals surface area (Å²) in [6, 6.07) is 3.85. The van der Waals surface area contributed by atoms with Gasteiger partial charge in [-0.1, -0.05) is 30.5 Å². The van der Waals surface area contributed by atoms with E-state index in [1.54, 1.807) is 0 Å². The Morgan fingerprint density at radius 2 is 1.55 bits per heavy atom. The highest BCUT2D eigenvalue weighted by molar-refractivity contribution is 7.89. The molecule has 4 nitrogen and oxygen atoms in total. The number of rotatable bonds is 5. The van der Waals surface area contributed by atoms with Gasteiger partial charge in [-0.3, -0.25) is 0 Å². The Labute approximate surface area is 135 Å². The number of sulfonamides is 1. The minimum absolute atomic E-state index is 0.439. The lowest BCUT2D eigenvalue weighted by Crippen LogP contribution is -2.35. The summed E-state index contributed by atoms with van der Waals surface area (Å²) in [6.07, 6.45) is 5.04. The molecular formula is C17H28N2O2S. The minimum Gasteiger partial charge on any atom is -0.302 e. The molecule has 1 aliphatic heterocycles. The molecule has 0 saturated carbocycles. The van der Waals surface area contributed by atoms with Crippen LogP contribution in [0.2, 0.25) is 0 Å². The van der Waals surface area contributed by atoms with E-state index in [4.69, 9.17) is 0 Å². The molecule has 1 aliphatic rings. The largest absolute Gasteiger partial charge is 0.302 e. The van der Waals surface area contributed by atoms with Crippen molar-refractivity contribution in [3.05, 3.63) is 28.8 Å². The van der Waals surface area contributed by atoms with Crippen molar-refractivity contribution < 1.29 is 8.42 Å². The Kier molecular flexibility index (Phi) is 6.01. The van der Waals surface area contributed by atoms with E-state index >= 15 is 0 Å². The molecule has 5 heteroatoms. The molecule has 0 aliphatic carbocycles. The van der Waals surface area contributed by atoms with Crippen molar-refractivity contribution in [3.8, 4) is 0 Å². The molecule has 1 saturated heterocycles. The molecule has 0 amide bonds. The maximum absolute atomic E-state index is 12.6. The van der Waals surface area contributed by atoms with Crippen molar-refractivity contribution in [1.29, 1.82) is 0 Å². The van der Waals surface area contributed by atoms with E-state index in [9.17, 15) is 8.42 Å². The molecule has 1 aromatic carbocycles. The van der Waals surface area contributed by atoms with Crippen molar-refractivity contribution in [2.45, 2.75) is 51.3 Å². The van der Waals surface area contributed by atoms with Crippen LogP contribution in [0, 0.1) is 20.8 Å². The quantitative estimate of drug-likeness (QED) is 0.906. The van der Waals surface area contributed by atoms with Crippen LogP contribution in [0.4, 0.5) is 0 Å². The summed E-state index contributed by atoms with van der Waals surface area (Å²) in [5, 5.41) is 0. The maximum atomic E-state index is 12.6. The molecule has 0 atom stereocenters. The fraction of sp³-hybridized carbons (Fsp3) is 0.647. The molecule has 1 heterocycles. The van der Waals surface area contributed by atoms with Crippen molar-refractivity contribution in [3.63, 3.8) is 0 Å². The normalized spacial score (nSPS) is 17.4. The van der Waals surface area contributed by atoms with Crippen LogP contribution >= 0.6 is 0 Å². The molecule has 124 valence electrons. The second-order valence-electron chi connectivity index (χ2n) is 6.38. The van der Waals surface area contributed by atoms with Crippen molar-refractivity contribution in [2.75, 3.05) is 26.2 Å². The summed E-state index contributed by atoms with van der Waals surface area (Å²) >= 11 is 0. The summed E-state index contributed by atoms with van der Waals surface area (Å²) in [4.78, 5) is 2.80. The average molecular weight is 324 g/mol. The fourth-order valence-corrected chi connectivity index (χ4v) is 4.83. The lowest BCUT2D eigenvalue weighted by atomic mass is 10.1. The van der Waals surface area contributed by atoms with Crippen molar-refractivity contribution in [1.82, 2.24) is 9.62 Å². The minimum atomic E-state index is -3.42. The van der Waals surface area contributed by atoms with Crippen LogP contribution < -0.4 is 4.72 Å². The Morgan fingerprint density at radius 1 is 1.00 bits per heavy atom. The molecular weight excluding hydrogens is 296 g/mol. The summed E-state index contributed by atoms with van der Waals surface area (Å²) < 4.78 is 27.9. The first-order chi connectivity index (χ1) is 10.4. The van der Waals surface area contributed by atoms with Crippen LogP contribution in [0.3, 0.4) is 0 Å². The number of benzene rings is 1. The molecule has 2 rings (SSSR count). The van der Waals surface area contributed by atoms with Gasteiger partial charge in [0.15, 0.2) is 0 Å². The zero-order valence-electron chi connectivity index (χ0n) is 14.0. The Hall–Kier alpha value is -0.910.